The Morgan fingerprint density at radius 2 is 1.93 bits per heavy atom. The molecule has 0 spiro atoms. The van der Waals surface area contributed by atoms with Gasteiger partial charge in [0.1, 0.15) is 6.54 Å². The molecule has 1 aliphatic rings. The molecule has 2 atom stereocenters. The number of rotatable bonds is 3. The fourth-order valence-corrected chi connectivity index (χ4v) is 2.04. The Kier molecular flexibility index (Phi) is 4.10. The smallest absolute Gasteiger partial charge is 0.224 e. The van der Waals surface area contributed by atoms with Gasteiger partial charge in [0.15, 0.2) is 0 Å². The minimum Gasteiger partial charge on any atom is -0.369 e. The maximum Gasteiger partial charge on any atom is 0.224 e. The molecule has 1 saturated carbocycles. The van der Waals surface area contributed by atoms with Crippen LogP contribution in [0.3, 0.4) is 0 Å². The third-order valence-corrected chi connectivity index (χ3v) is 2.81. The van der Waals surface area contributed by atoms with Crippen molar-refractivity contribution < 1.29 is 9.59 Å². The first-order chi connectivity index (χ1) is 7.16. The van der Waals surface area contributed by atoms with Gasteiger partial charge in [0.05, 0.1) is 6.07 Å². The van der Waals surface area contributed by atoms with Gasteiger partial charge in [-0.05, 0) is 12.8 Å². The van der Waals surface area contributed by atoms with E-state index < -0.39 is 5.91 Å². The topological polar surface area (TPSA) is 96.0 Å². The van der Waals surface area contributed by atoms with Crippen molar-refractivity contribution in [3.63, 3.8) is 0 Å². The van der Waals surface area contributed by atoms with Crippen LogP contribution < -0.4 is 11.1 Å². The van der Waals surface area contributed by atoms with Crippen molar-refractivity contribution in [3.05, 3.63) is 0 Å². The number of hydrogen-bond donors (Lipinski definition) is 2. The molecule has 0 saturated heterocycles. The van der Waals surface area contributed by atoms with Crippen molar-refractivity contribution in [3.8, 4) is 6.07 Å². The van der Waals surface area contributed by atoms with Crippen molar-refractivity contribution in [2.24, 2.45) is 17.6 Å². The average Bonchev–Trinajstić information content (AvgIpc) is 2.25. The number of nitriles is 1. The summed E-state index contributed by atoms with van der Waals surface area (Å²) in [5.74, 6) is -1.34. The highest BCUT2D eigenvalue weighted by molar-refractivity contribution is 5.87. The van der Waals surface area contributed by atoms with E-state index >= 15 is 0 Å². The molecule has 1 aliphatic carbocycles. The lowest BCUT2D eigenvalue weighted by molar-refractivity contribution is -0.134. The highest BCUT2D eigenvalue weighted by Crippen LogP contribution is 2.29. The maximum absolute atomic E-state index is 11.6. The summed E-state index contributed by atoms with van der Waals surface area (Å²) in [4.78, 5) is 22.7. The zero-order valence-electron chi connectivity index (χ0n) is 8.53. The molecule has 2 amide bonds. The van der Waals surface area contributed by atoms with E-state index in [-0.39, 0.29) is 24.3 Å². The SMILES string of the molecule is N#CCNC(=O)[C@@H]1CCCC[C@@H]1C(N)=O. The van der Waals surface area contributed by atoms with Crippen molar-refractivity contribution in [1.29, 1.82) is 5.26 Å². The number of nitrogens with one attached hydrogen (secondary N) is 1. The van der Waals surface area contributed by atoms with E-state index in [9.17, 15) is 9.59 Å². The molecule has 0 aromatic rings. The first-order valence-electron chi connectivity index (χ1n) is 5.10. The highest BCUT2D eigenvalue weighted by atomic mass is 16.2. The van der Waals surface area contributed by atoms with E-state index in [4.69, 9.17) is 11.0 Å². The highest BCUT2D eigenvalue weighted by Gasteiger charge is 2.34. The van der Waals surface area contributed by atoms with Crippen LogP contribution in [0.4, 0.5) is 0 Å². The van der Waals surface area contributed by atoms with Gasteiger partial charge in [-0.3, -0.25) is 9.59 Å². The van der Waals surface area contributed by atoms with Gasteiger partial charge in [0, 0.05) is 11.8 Å². The molecule has 0 aliphatic heterocycles. The van der Waals surface area contributed by atoms with Gasteiger partial charge >= 0.3 is 0 Å². The quantitative estimate of drug-likeness (QED) is 0.636. The molecule has 3 N–H and O–H groups in total. The molecular formula is C10H15N3O2. The van der Waals surface area contributed by atoms with Crippen LogP contribution in [-0.2, 0) is 9.59 Å². The number of nitrogens with zero attached hydrogens (tertiary/aromatic N) is 1. The molecule has 5 heteroatoms. The molecular weight excluding hydrogens is 194 g/mol. The van der Waals surface area contributed by atoms with E-state index in [1.165, 1.54) is 0 Å². The van der Waals surface area contributed by atoms with Crippen molar-refractivity contribution in [2.75, 3.05) is 6.54 Å². The second-order valence-electron chi connectivity index (χ2n) is 3.78. The van der Waals surface area contributed by atoms with Crippen LogP contribution >= 0.6 is 0 Å². The molecule has 0 aromatic heterocycles. The van der Waals surface area contributed by atoms with Gasteiger partial charge < -0.3 is 11.1 Å². The monoisotopic (exact) mass is 209 g/mol. The molecule has 0 heterocycles. The van der Waals surface area contributed by atoms with Crippen molar-refractivity contribution in [2.45, 2.75) is 25.7 Å². The minimum atomic E-state index is -0.410. The normalized spacial score (nSPS) is 25.3. The van der Waals surface area contributed by atoms with Crippen molar-refractivity contribution >= 4 is 11.8 Å². The molecule has 1 fully saturated rings. The Balaban J connectivity index is 2.60. The summed E-state index contributed by atoms with van der Waals surface area (Å²) in [5, 5.41) is 10.8. The van der Waals surface area contributed by atoms with Crippen LogP contribution in [0.15, 0.2) is 0 Å². The predicted octanol–water partition coefficient (Wildman–Crippen LogP) is -0.0821. The maximum atomic E-state index is 11.6. The summed E-state index contributed by atoms with van der Waals surface area (Å²) in [7, 11) is 0. The van der Waals surface area contributed by atoms with E-state index in [1.807, 2.05) is 6.07 Å². The van der Waals surface area contributed by atoms with E-state index in [1.54, 1.807) is 0 Å². The molecule has 0 radical (unpaired) electrons. The third-order valence-electron chi connectivity index (χ3n) is 2.81. The lowest BCUT2D eigenvalue weighted by atomic mass is 9.78. The van der Waals surface area contributed by atoms with Gasteiger partial charge in [-0.2, -0.15) is 5.26 Å². The fourth-order valence-electron chi connectivity index (χ4n) is 2.04. The Hall–Kier alpha value is -1.57. The zero-order chi connectivity index (χ0) is 11.3. The lowest BCUT2D eigenvalue weighted by Gasteiger charge is -2.27. The standard InChI is InChI=1S/C10H15N3O2/c11-5-6-13-10(15)8-4-2-1-3-7(8)9(12)14/h7-8H,1-4,6H2,(H2,12,14)(H,13,15)/t7-,8+/m0/s1. The number of primary amides is 1. The van der Waals surface area contributed by atoms with Crippen LogP contribution in [0.5, 0.6) is 0 Å². The van der Waals surface area contributed by atoms with Gasteiger partial charge in [-0.25, -0.2) is 0 Å². The zero-order valence-corrected chi connectivity index (χ0v) is 8.53. The molecule has 0 aromatic carbocycles. The number of carbonyl (C=O) groups is 2. The summed E-state index contributed by atoms with van der Waals surface area (Å²) < 4.78 is 0. The summed E-state index contributed by atoms with van der Waals surface area (Å²) in [6, 6.07) is 1.83. The number of carbonyl (C=O) groups excluding carboxylic acids is 2. The van der Waals surface area contributed by atoms with E-state index in [0.717, 1.165) is 12.8 Å². The summed E-state index contributed by atoms with van der Waals surface area (Å²) in [5.41, 5.74) is 5.24. The third kappa shape index (κ3) is 2.94. The van der Waals surface area contributed by atoms with Crippen molar-refractivity contribution in [1.82, 2.24) is 5.32 Å². The molecule has 5 nitrogen and oxygen atoms in total. The average molecular weight is 209 g/mol. The molecule has 15 heavy (non-hydrogen) atoms. The van der Waals surface area contributed by atoms with Crippen LogP contribution in [0, 0.1) is 23.2 Å². The first kappa shape index (κ1) is 11.5. The second-order valence-corrected chi connectivity index (χ2v) is 3.78. The van der Waals surface area contributed by atoms with Crippen LogP contribution in [0.1, 0.15) is 25.7 Å². The van der Waals surface area contributed by atoms with Gasteiger partial charge in [0.25, 0.3) is 0 Å². The van der Waals surface area contributed by atoms with Crippen LogP contribution in [0.25, 0.3) is 0 Å². The summed E-state index contributed by atoms with van der Waals surface area (Å²) >= 11 is 0. The second kappa shape index (κ2) is 5.35. The Morgan fingerprint density at radius 3 is 2.47 bits per heavy atom. The summed E-state index contributed by atoms with van der Waals surface area (Å²) in [6.45, 7) is -0.0131. The molecule has 82 valence electrons. The molecule has 0 unspecified atom stereocenters. The Labute approximate surface area is 88.6 Å². The number of amides is 2. The van der Waals surface area contributed by atoms with E-state index in [0.29, 0.717) is 12.8 Å². The van der Waals surface area contributed by atoms with Gasteiger partial charge in [-0.1, -0.05) is 12.8 Å². The number of hydrogen-bond acceptors (Lipinski definition) is 3. The fraction of sp³-hybridized carbons (Fsp3) is 0.700. The van der Waals surface area contributed by atoms with E-state index in [2.05, 4.69) is 5.32 Å². The minimum absolute atomic E-state index is 0.0131. The largest absolute Gasteiger partial charge is 0.369 e. The van der Waals surface area contributed by atoms with Crippen LogP contribution in [0.2, 0.25) is 0 Å². The van der Waals surface area contributed by atoms with Crippen LogP contribution in [-0.4, -0.2) is 18.4 Å². The Morgan fingerprint density at radius 1 is 1.33 bits per heavy atom. The molecule has 1 rings (SSSR count). The lowest BCUT2D eigenvalue weighted by Crippen LogP contribution is -2.42. The number of nitrogens with two attached hydrogens (primary N) is 1. The summed E-state index contributed by atoms with van der Waals surface area (Å²) in [6.07, 6.45) is 3.24. The van der Waals surface area contributed by atoms with Gasteiger partial charge in [-0.15, -0.1) is 0 Å². The predicted molar refractivity (Wildman–Crippen MR) is 53.3 cm³/mol. The van der Waals surface area contributed by atoms with Gasteiger partial charge in [0.2, 0.25) is 11.8 Å². The Bertz CT molecular complexity index is 296. The molecule has 0 bridgehead atoms. The first-order valence-corrected chi connectivity index (χ1v) is 5.10.